The minimum atomic E-state index is -0.417. The quantitative estimate of drug-likeness (QED) is 0.403. The molecule has 3 aromatic carbocycles. The van der Waals surface area contributed by atoms with Crippen molar-refractivity contribution in [2.24, 2.45) is 0 Å². The Bertz CT molecular complexity index is 1410. The second-order valence-corrected chi connectivity index (χ2v) is 7.71. The van der Waals surface area contributed by atoms with Crippen molar-refractivity contribution in [3.63, 3.8) is 0 Å². The molecular weight excluding hydrogens is 423 g/mol. The number of tetrazole rings is 1. The lowest BCUT2D eigenvalue weighted by atomic mass is 10.1. The van der Waals surface area contributed by atoms with Gasteiger partial charge in [-0.3, -0.25) is 0 Å². The van der Waals surface area contributed by atoms with Gasteiger partial charge in [0.1, 0.15) is 11.6 Å². The number of hydrogen-bond donors (Lipinski definition) is 0. The SMILES string of the molecule is Fc1ccc2c(c1)CC(c1nnc(-c3ccc(Cn4nnc(-c5ccccc5)n4)cc3)o1)O2. The highest BCUT2D eigenvalue weighted by atomic mass is 19.1. The average molecular weight is 440 g/mol. The van der Waals surface area contributed by atoms with Crippen LogP contribution >= 0.6 is 0 Å². The molecule has 1 atom stereocenters. The van der Waals surface area contributed by atoms with Gasteiger partial charge >= 0.3 is 0 Å². The Morgan fingerprint density at radius 3 is 2.61 bits per heavy atom. The molecule has 8 nitrogen and oxygen atoms in total. The number of ether oxygens (including phenoxy) is 1. The lowest BCUT2D eigenvalue weighted by molar-refractivity contribution is 0.198. The van der Waals surface area contributed by atoms with Crippen LogP contribution in [0.25, 0.3) is 22.8 Å². The lowest BCUT2D eigenvalue weighted by Gasteiger charge is -2.04. The van der Waals surface area contributed by atoms with Crippen molar-refractivity contribution < 1.29 is 13.5 Å². The summed E-state index contributed by atoms with van der Waals surface area (Å²) in [5.41, 5.74) is 3.51. The standard InChI is InChI=1S/C24H17FN6O2/c25-19-10-11-20-18(12-19)13-21(32-20)24-28-27-23(33-24)17-8-6-15(7-9-17)14-31-29-22(26-30-31)16-4-2-1-3-5-16/h1-12,21H,13-14H2. The van der Waals surface area contributed by atoms with Crippen LogP contribution < -0.4 is 4.74 Å². The predicted octanol–water partition coefficient (Wildman–Crippen LogP) is 4.25. The van der Waals surface area contributed by atoms with E-state index in [0.29, 0.717) is 36.3 Å². The van der Waals surface area contributed by atoms with Crippen LogP contribution in [0.5, 0.6) is 5.75 Å². The normalized spacial score (nSPS) is 14.8. The molecule has 0 radical (unpaired) electrons. The Morgan fingerprint density at radius 2 is 1.76 bits per heavy atom. The third-order valence-corrected chi connectivity index (χ3v) is 5.42. The van der Waals surface area contributed by atoms with Crippen LogP contribution in [0.4, 0.5) is 4.39 Å². The molecule has 1 aliphatic rings. The van der Waals surface area contributed by atoms with Gasteiger partial charge in [-0.2, -0.15) is 4.80 Å². The molecule has 9 heteroatoms. The molecule has 0 N–H and O–H groups in total. The van der Waals surface area contributed by atoms with E-state index in [1.165, 1.54) is 12.1 Å². The minimum Gasteiger partial charge on any atom is -0.480 e. The topological polar surface area (TPSA) is 91.8 Å². The van der Waals surface area contributed by atoms with E-state index in [1.807, 2.05) is 54.6 Å². The van der Waals surface area contributed by atoms with E-state index >= 15 is 0 Å². The monoisotopic (exact) mass is 440 g/mol. The molecule has 0 spiro atoms. The first-order chi connectivity index (χ1) is 16.2. The Balaban J connectivity index is 1.14. The highest BCUT2D eigenvalue weighted by molar-refractivity contribution is 5.54. The zero-order valence-corrected chi connectivity index (χ0v) is 17.3. The number of nitrogens with zero attached hydrogens (tertiary/aromatic N) is 6. The van der Waals surface area contributed by atoms with Crippen LogP contribution in [0.15, 0.2) is 77.2 Å². The van der Waals surface area contributed by atoms with Crippen molar-refractivity contribution in [2.75, 3.05) is 0 Å². The molecule has 33 heavy (non-hydrogen) atoms. The maximum Gasteiger partial charge on any atom is 0.257 e. The summed E-state index contributed by atoms with van der Waals surface area (Å²) in [6.07, 6.45) is 0.0725. The summed E-state index contributed by atoms with van der Waals surface area (Å²) in [6.45, 7) is 0.486. The summed E-state index contributed by atoms with van der Waals surface area (Å²) in [5, 5.41) is 21.0. The van der Waals surface area contributed by atoms with Gasteiger partial charge in [-0.05, 0) is 41.1 Å². The Kier molecular flexibility index (Phi) is 4.64. The van der Waals surface area contributed by atoms with Crippen LogP contribution in [0.3, 0.4) is 0 Å². The Hall–Kier alpha value is -4.40. The van der Waals surface area contributed by atoms with E-state index in [0.717, 1.165) is 22.3 Å². The zero-order chi connectivity index (χ0) is 22.2. The average Bonchev–Trinajstić information content (AvgIpc) is 3.59. The van der Waals surface area contributed by atoms with E-state index in [9.17, 15) is 4.39 Å². The first-order valence-corrected chi connectivity index (χ1v) is 10.4. The van der Waals surface area contributed by atoms with E-state index in [1.54, 1.807) is 10.9 Å². The highest BCUT2D eigenvalue weighted by Crippen LogP contribution is 2.37. The van der Waals surface area contributed by atoms with E-state index in [-0.39, 0.29) is 5.82 Å². The van der Waals surface area contributed by atoms with Crippen molar-refractivity contribution >= 4 is 0 Å². The van der Waals surface area contributed by atoms with Crippen LogP contribution in [-0.4, -0.2) is 30.4 Å². The van der Waals surface area contributed by atoms with Crippen LogP contribution in [0.2, 0.25) is 0 Å². The lowest BCUT2D eigenvalue weighted by Crippen LogP contribution is -2.04. The van der Waals surface area contributed by atoms with Gasteiger partial charge in [-0.25, -0.2) is 4.39 Å². The number of fused-ring (bicyclic) bond motifs is 1. The van der Waals surface area contributed by atoms with Crippen molar-refractivity contribution in [3.05, 3.63) is 95.6 Å². The molecule has 0 bridgehead atoms. The molecule has 1 aliphatic heterocycles. The predicted molar refractivity (Wildman–Crippen MR) is 116 cm³/mol. The maximum absolute atomic E-state index is 13.4. The smallest absolute Gasteiger partial charge is 0.257 e. The summed E-state index contributed by atoms with van der Waals surface area (Å²) in [6, 6.07) is 21.9. The number of halogens is 1. The molecule has 0 saturated carbocycles. The van der Waals surface area contributed by atoms with E-state index < -0.39 is 6.10 Å². The number of hydrogen-bond acceptors (Lipinski definition) is 7. The van der Waals surface area contributed by atoms with Gasteiger partial charge in [0.05, 0.1) is 6.54 Å². The molecule has 3 heterocycles. The van der Waals surface area contributed by atoms with Crippen LogP contribution in [0, 0.1) is 5.82 Å². The molecule has 0 aliphatic carbocycles. The molecule has 162 valence electrons. The molecule has 2 aromatic heterocycles. The van der Waals surface area contributed by atoms with Crippen molar-refractivity contribution in [1.29, 1.82) is 0 Å². The third kappa shape index (κ3) is 3.84. The Morgan fingerprint density at radius 1 is 0.909 bits per heavy atom. The van der Waals surface area contributed by atoms with E-state index in [2.05, 4.69) is 25.6 Å². The number of benzene rings is 3. The third-order valence-electron chi connectivity index (χ3n) is 5.42. The second-order valence-electron chi connectivity index (χ2n) is 7.71. The molecule has 6 rings (SSSR count). The van der Waals surface area contributed by atoms with Gasteiger partial charge in [0.15, 0.2) is 6.10 Å². The second kappa shape index (κ2) is 7.94. The van der Waals surface area contributed by atoms with E-state index in [4.69, 9.17) is 9.15 Å². The highest BCUT2D eigenvalue weighted by Gasteiger charge is 2.29. The van der Waals surface area contributed by atoms with Crippen LogP contribution in [0.1, 0.15) is 23.1 Å². The zero-order valence-electron chi connectivity index (χ0n) is 17.3. The van der Waals surface area contributed by atoms with Crippen molar-refractivity contribution in [3.8, 4) is 28.6 Å². The minimum absolute atomic E-state index is 0.290. The summed E-state index contributed by atoms with van der Waals surface area (Å²) >= 11 is 0. The number of aromatic nitrogens is 6. The fraction of sp³-hybridized carbons (Fsp3) is 0.125. The summed E-state index contributed by atoms with van der Waals surface area (Å²) in [4.78, 5) is 1.56. The van der Waals surface area contributed by atoms with Gasteiger partial charge in [0, 0.05) is 23.1 Å². The maximum atomic E-state index is 13.4. The largest absolute Gasteiger partial charge is 0.480 e. The molecule has 5 aromatic rings. The number of rotatable bonds is 5. The van der Waals surface area contributed by atoms with Gasteiger partial charge < -0.3 is 9.15 Å². The van der Waals surface area contributed by atoms with Crippen LogP contribution in [-0.2, 0) is 13.0 Å². The Labute approximate surface area is 187 Å². The molecular formula is C24H17FN6O2. The summed E-state index contributed by atoms with van der Waals surface area (Å²) in [7, 11) is 0. The molecule has 0 saturated heterocycles. The molecule has 0 fully saturated rings. The first-order valence-electron chi connectivity index (χ1n) is 10.4. The first kappa shape index (κ1) is 19.3. The summed E-state index contributed by atoms with van der Waals surface area (Å²) < 4.78 is 25.1. The molecule has 1 unspecified atom stereocenters. The summed E-state index contributed by atoms with van der Waals surface area (Å²) in [5.74, 6) is 1.70. The van der Waals surface area contributed by atoms with Crippen molar-refractivity contribution in [1.82, 2.24) is 30.4 Å². The fourth-order valence-electron chi connectivity index (χ4n) is 3.77. The fourth-order valence-corrected chi connectivity index (χ4v) is 3.77. The molecule has 0 amide bonds. The van der Waals surface area contributed by atoms with Gasteiger partial charge in [-0.1, -0.05) is 42.5 Å². The van der Waals surface area contributed by atoms with Crippen molar-refractivity contribution in [2.45, 2.75) is 19.1 Å². The van der Waals surface area contributed by atoms with Gasteiger partial charge in [-0.15, -0.1) is 20.4 Å². The van der Waals surface area contributed by atoms with Gasteiger partial charge in [0.25, 0.3) is 5.89 Å². The van der Waals surface area contributed by atoms with Gasteiger partial charge in [0.2, 0.25) is 11.7 Å².